The summed E-state index contributed by atoms with van der Waals surface area (Å²) in [4.78, 5) is 11.1. The Morgan fingerprint density at radius 2 is 1.81 bits per heavy atom. The third-order valence-electron chi connectivity index (χ3n) is 1.73. The number of aliphatic hydroxyl groups is 1. The van der Waals surface area contributed by atoms with Gasteiger partial charge < -0.3 is 10.4 Å². The molecule has 1 heterocycles. The molecule has 0 aliphatic carbocycles. The van der Waals surface area contributed by atoms with Gasteiger partial charge in [-0.1, -0.05) is 26.0 Å². The Labute approximate surface area is 125 Å². The minimum atomic E-state index is -1.05. The average Bonchev–Trinajstić information content (AvgIpc) is 2.60. The summed E-state index contributed by atoms with van der Waals surface area (Å²) < 4.78 is 0. The molecule has 0 spiro atoms. The summed E-state index contributed by atoms with van der Waals surface area (Å²) in [6.45, 7) is 4.00. The van der Waals surface area contributed by atoms with E-state index in [0.29, 0.717) is 20.7 Å². The first-order valence-corrected chi connectivity index (χ1v) is 13.7. The number of benzene rings is 1. The number of nitrogens with one attached hydrogen (secondary N) is 1. The molecule has 3 nitrogen and oxygen atoms in total. The van der Waals surface area contributed by atoms with Gasteiger partial charge in [0.1, 0.15) is 0 Å². The van der Waals surface area contributed by atoms with Gasteiger partial charge in [-0.05, 0) is 12.1 Å². The number of carbonyl (C=O) groups excluding carboxylic acids is 1. The molecule has 0 amide bonds. The summed E-state index contributed by atoms with van der Waals surface area (Å²) in [5.41, 5.74) is 1.28. The molecule has 1 aromatic rings. The number of fused-ring (bicyclic) bond motifs is 1. The number of hydrogen-bond donors (Lipinski definition) is 2. The zero-order chi connectivity index (χ0) is 12.6. The fraction of sp³-hybridized carbons (Fsp3) is 0.300. The van der Waals surface area contributed by atoms with Gasteiger partial charge >= 0.3 is 49.4 Å². The zero-order valence-electron chi connectivity index (χ0n) is 8.95. The Morgan fingerprint density at radius 1 is 1.31 bits per heavy atom. The fourth-order valence-electron chi connectivity index (χ4n) is 1.18. The SMILES string of the molecule is CC.O=C1c2ccccc2NC1O.[I][V][I]. The molecule has 16 heavy (non-hydrogen) atoms. The van der Waals surface area contributed by atoms with Gasteiger partial charge in [-0.15, -0.1) is 0 Å². The van der Waals surface area contributed by atoms with E-state index in [2.05, 4.69) is 45.3 Å². The summed E-state index contributed by atoms with van der Waals surface area (Å²) in [7, 11) is 0.628. The van der Waals surface area contributed by atoms with Gasteiger partial charge in [-0.2, -0.15) is 0 Å². The summed E-state index contributed by atoms with van der Waals surface area (Å²) in [5, 5.41) is 11.7. The van der Waals surface area contributed by atoms with E-state index < -0.39 is 6.23 Å². The van der Waals surface area contributed by atoms with Gasteiger partial charge in [0.15, 0.2) is 6.23 Å². The number of halogens is 2. The molecule has 1 aliphatic rings. The van der Waals surface area contributed by atoms with Crippen molar-refractivity contribution in [1.82, 2.24) is 0 Å². The van der Waals surface area contributed by atoms with E-state index in [1.165, 1.54) is 0 Å². The van der Waals surface area contributed by atoms with Crippen molar-refractivity contribution in [3.63, 3.8) is 0 Å². The van der Waals surface area contributed by atoms with Crippen LogP contribution in [-0.4, -0.2) is 17.1 Å². The molecular weight excluding hydrogens is 471 g/mol. The fourth-order valence-corrected chi connectivity index (χ4v) is 1.18. The van der Waals surface area contributed by atoms with Crippen LogP contribution in [-0.2, 0) is 9.47 Å². The zero-order valence-corrected chi connectivity index (χ0v) is 14.7. The molecule has 0 bridgehead atoms. The van der Waals surface area contributed by atoms with Gasteiger partial charge in [0.25, 0.3) is 0 Å². The normalized spacial score (nSPS) is 15.8. The van der Waals surface area contributed by atoms with Gasteiger partial charge in [0, 0.05) is 11.3 Å². The number of carbonyl (C=O) groups is 1. The Kier molecular flexibility index (Phi) is 10.1. The summed E-state index contributed by atoms with van der Waals surface area (Å²) in [5.74, 6) is -0.249. The molecule has 1 aliphatic heterocycles. The number of rotatable bonds is 0. The molecule has 1 atom stereocenters. The maximum atomic E-state index is 11.1. The number of Topliss-reactive ketones (excluding diaryl/α,β-unsaturated/α-hetero) is 1. The third kappa shape index (κ3) is 4.91. The summed E-state index contributed by atoms with van der Waals surface area (Å²) >= 11 is 4.74. The van der Waals surface area contributed by atoms with Crippen molar-refractivity contribution in [3.05, 3.63) is 29.8 Å². The van der Waals surface area contributed by atoms with Crippen LogP contribution in [0.4, 0.5) is 5.69 Å². The molecule has 0 saturated heterocycles. The molecule has 1 aromatic carbocycles. The van der Waals surface area contributed by atoms with Crippen molar-refractivity contribution < 1.29 is 19.4 Å². The van der Waals surface area contributed by atoms with E-state index in [1.54, 1.807) is 18.2 Å². The first-order valence-electron chi connectivity index (χ1n) is 4.71. The Bertz CT molecular complexity index is 336. The van der Waals surface area contributed by atoms with Gasteiger partial charge in [0.05, 0.1) is 0 Å². The average molecular weight is 484 g/mol. The summed E-state index contributed by atoms with van der Waals surface area (Å²) in [6, 6.07) is 7.05. The van der Waals surface area contributed by atoms with Crippen LogP contribution in [0.5, 0.6) is 0 Å². The quantitative estimate of drug-likeness (QED) is 0.556. The molecule has 0 saturated carbocycles. The molecule has 2 N–H and O–H groups in total. The summed E-state index contributed by atoms with van der Waals surface area (Å²) in [6.07, 6.45) is -1.05. The second-order valence-corrected chi connectivity index (χ2v) is 14.3. The van der Waals surface area contributed by atoms with Crippen molar-refractivity contribution in [2.75, 3.05) is 5.32 Å². The van der Waals surface area contributed by atoms with Crippen LogP contribution in [0, 0.1) is 0 Å². The van der Waals surface area contributed by atoms with E-state index in [4.69, 9.17) is 5.11 Å². The van der Waals surface area contributed by atoms with Crippen LogP contribution in [0.1, 0.15) is 24.2 Å². The molecule has 0 radical (unpaired) electrons. The van der Waals surface area contributed by atoms with Crippen LogP contribution in [0.2, 0.25) is 0 Å². The van der Waals surface area contributed by atoms with E-state index in [1.807, 2.05) is 19.9 Å². The molecular formula is C10H13I2NO2V. The second kappa shape index (κ2) is 9.70. The second-order valence-electron chi connectivity index (χ2n) is 2.52. The topological polar surface area (TPSA) is 49.3 Å². The third-order valence-corrected chi connectivity index (χ3v) is 1.73. The van der Waals surface area contributed by atoms with E-state index in [0.717, 1.165) is 0 Å². The maximum absolute atomic E-state index is 11.1. The van der Waals surface area contributed by atoms with E-state index >= 15 is 0 Å². The predicted octanol–water partition coefficient (Wildman–Crippen LogP) is 3.41. The van der Waals surface area contributed by atoms with Crippen molar-refractivity contribution in [3.8, 4) is 0 Å². The standard InChI is InChI=1S/C8H7NO2.C2H6.2HI.V/c10-7-5-3-1-2-4-6(5)9-8(7)11;1-2;;;/h1-4,8-9,11H;1-2H3;2*1H;/q;;;;+2/p-2. The first kappa shape index (κ1) is 16.7. The molecule has 0 aromatic heterocycles. The van der Waals surface area contributed by atoms with Crippen molar-refractivity contribution >= 4 is 51.4 Å². The van der Waals surface area contributed by atoms with E-state index in [9.17, 15) is 4.79 Å². The number of anilines is 1. The van der Waals surface area contributed by atoms with Crippen LogP contribution in [0.3, 0.4) is 0 Å². The predicted molar refractivity (Wildman–Crippen MR) is 79.8 cm³/mol. The molecule has 6 heteroatoms. The van der Waals surface area contributed by atoms with Gasteiger partial charge in [-0.3, -0.25) is 4.79 Å². The molecule has 0 fully saturated rings. The minimum absolute atomic E-state index is 0.249. The van der Waals surface area contributed by atoms with Crippen molar-refractivity contribution in [2.45, 2.75) is 20.1 Å². The van der Waals surface area contributed by atoms with E-state index in [-0.39, 0.29) is 5.78 Å². The van der Waals surface area contributed by atoms with Crippen LogP contribution >= 0.6 is 40.0 Å². The monoisotopic (exact) mass is 484 g/mol. The molecule has 2 rings (SSSR count). The van der Waals surface area contributed by atoms with Crippen LogP contribution in [0.25, 0.3) is 0 Å². The Morgan fingerprint density at radius 3 is 2.31 bits per heavy atom. The van der Waals surface area contributed by atoms with Crippen molar-refractivity contribution in [1.29, 1.82) is 0 Å². The van der Waals surface area contributed by atoms with Crippen molar-refractivity contribution in [2.24, 2.45) is 0 Å². The van der Waals surface area contributed by atoms with Gasteiger partial charge in [0.2, 0.25) is 5.78 Å². The number of ketones is 1. The van der Waals surface area contributed by atoms with Crippen LogP contribution < -0.4 is 5.32 Å². The number of para-hydroxylation sites is 1. The van der Waals surface area contributed by atoms with Crippen LogP contribution in [0.15, 0.2) is 24.3 Å². The number of hydrogen-bond acceptors (Lipinski definition) is 3. The molecule has 1 unspecified atom stereocenters. The van der Waals surface area contributed by atoms with Gasteiger partial charge in [-0.25, -0.2) is 0 Å². The Hall–Kier alpha value is 0.694. The Balaban J connectivity index is 0.000000394. The first-order chi connectivity index (χ1) is 7.70. The number of aliphatic hydroxyl groups excluding tert-OH is 1. The molecule has 89 valence electrons.